The molecular formula is C25H37N9O. The van der Waals surface area contributed by atoms with Gasteiger partial charge >= 0.3 is 5.69 Å². The first-order valence-corrected chi connectivity index (χ1v) is 12.4. The predicted molar refractivity (Wildman–Crippen MR) is 140 cm³/mol. The molecule has 0 amide bonds. The molecule has 0 spiro atoms. The Morgan fingerprint density at radius 3 is 2.86 bits per heavy atom. The van der Waals surface area contributed by atoms with Crippen LogP contribution in [-0.4, -0.2) is 64.2 Å². The summed E-state index contributed by atoms with van der Waals surface area (Å²) in [5.41, 5.74) is 14.6. The van der Waals surface area contributed by atoms with Crippen LogP contribution in [0.1, 0.15) is 43.4 Å². The van der Waals surface area contributed by atoms with Gasteiger partial charge in [-0.3, -0.25) is 9.98 Å². The molecule has 3 heterocycles. The van der Waals surface area contributed by atoms with Crippen LogP contribution in [0.25, 0.3) is 16.7 Å². The SMILES string of the molecule is C[C@H](N)CCN1CC[C@@H](c2cc3cn(-c4ccc(CNCCCNC(=N)N)cc4)c(=O)nc3[nH]2)C1. The Kier molecular flexibility index (Phi) is 8.17. The third-order valence-electron chi connectivity index (χ3n) is 6.53. The fourth-order valence-corrected chi connectivity index (χ4v) is 4.54. The molecule has 35 heavy (non-hydrogen) atoms. The number of hydrogen-bond acceptors (Lipinski definition) is 6. The van der Waals surface area contributed by atoms with Crippen molar-refractivity contribution in [2.75, 3.05) is 32.7 Å². The third kappa shape index (κ3) is 6.68. The van der Waals surface area contributed by atoms with Crippen molar-refractivity contribution < 1.29 is 0 Å². The molecule has 0 saturated carbocycles. The Labute approximate surface area is 205 Å². The summed E-state index contributed by atoms with van der Waals surface area (Å²) in [6.07, 6.45) is 4.86. The highest BCUT2D eigenvalue weighted by atomic mass is 16.1. The molecule has 4 rings (SSSR count). The second-order valence-corrected chi connectivity index (χ2v) is 9.51. The molecule has 0 radical (unpaired) electrons. The number of H-pyrrole nitrogens is 1. The van der Waals surface area contributed by atoms with Gasteiger partial charge in [-0.25, -0.2) is 4.79 Å². The van der Waals surface area contributed by atoms with Gasteiger partial charge in [-0.2, -0.15) is 4.98 Å². The maximum absolute atomic E-state index is 12.7. The molecule has 1 aliphatic heterocycles. The van der Waals surface area contributed by atoms with E-state index in [0.717, 1.165) is 74.3 Å². The van der Waals surface area contributed by atoms with Crippen molar-refractivity contribution in [3.8, 4) is 5.69 Å². The van der Waals surface area contributed by atoms with E-state index in [1.807, 2.05) is 30.5 Å². The average molecular weight is 480 g/mol. The van der Waals surface area contributed by atoms with Crippen LogP contribution in [0.3, 0.4) is 0 Å². The Hall–Kier alpha value is -3.21. The largest absolute Gasteiger partial charge is 0.370 e. The zero-order valence-electron chi connectivity index (χ0n) is 20.4. The van der Waals surface area contributed by atoms with E-state index in [-0.39, 0.29) is 17.7 Å². The molecule has 2 atom stereocenters. The molecule has 10 heteroatoms. The number of benzene rings is 1. The Morgan fingerprint density at radius 1 is 1.31 bits per heavy atom. The second kappa shape index (κ2) is 11.5. The highest BCUT2D eigenvalue weighted by molar-refractivity contribution is 5.76. The number of hydrogen-bond donors (Lipinski definition) is 6. The van der Waals surface area contributed by atoms with E-state index < -0.39 is 0 Å². The van der Waals surface area contributed by atoms with Crippen molar-refractivity contribution in [3.05, 3.63) is 58.3 Å². The molecule has 0 unspecified atom stereocenters. The number of nitrogens with zero attached hydrogens (tertiary/aromatic N) is 3. The van der Waals surface area contributed by atoms with Crippen LogP contribution in [-0.2, 0) is 6.54 Å². The fraction of sp³-hybridized carbons (Fsp3) is 0.480. The maximum atomic E-state index is 12.7. The molecule has 188 valence electrons. The number of aromatic nitrogens is 3. The van der Waals surface area contributed by atoms with Crippen molar-refractivity contribution in [2.45, 2.75) is 44.7 Å². The van der Waals surface area contributed by atoms with Crippen LogP contribution >= 0.6 is 0 Å². The van der Waals surface area contributed by atoms with E-state index in [2.05, 4.69) is 38.5 Å². The summed E-state index contributed by atoms with van der Waals surface area (Å²) in [7, 11) is 0. The topological polar surface area (TPSA) is 154 Å². The van der Waals surface area contributed by atoms with Crippen molar-refractivity contribution in [1.82, 2.24) is 30.1 Å². The third-order valence-corrected chi connectivity index (χ3v) is 6.53. The Bertz CT molecular complexity index is 1180. The van der Waals surface area contributed by atoms with Crippen LogP contribution in [0.5, 0.6) is 0 Å². The van der Waals surface area contributed by atoms with Gasteiger partial charge in [0.05, 0.1) is 5.69 Å². The van der Waals surface area contributed by atoms with E-state index in [1.54, 1.807) is 4.57 Å². The zero-order valence-corrected chi connectivity index (χ0v) is 20.4. The van der Waals surface area contributed by atoms with E-state index in [0.29, 0.717) is 18.1 Å². The van der Waals surface area contributed by atoms with Crippen LogP contribution in [0.2, 0.25) is 0 Å². The number of rotatable bonds is 11. The van der Waals surface area contributed by atoms with Crippen LogP contribution < -0.4 is 27.8 Å². The molecule has 1 aromatic carbocycles. The molecule has 2 aromatic heterocycles. The summed E-state index contributed by atoms with van der Waals surface area (Å²) < 4.78 is 1.61. The van der Waals surface area contributed by atoms with Gasteiger partial charge in [-0.15, -0.1) is 0 Å². The minimum atomic E-state index is -0.292. The lowest BCUT2D eigenvalue weighted by atomic mass is 10.1. The highest BCUT2D eigenvalue weighted by Crippen LogP contribution is 2.28. The van der Waals surface area contributed by atoms with Crippen LogP contribution in [0.4, 0.5) is 0 Å². The lowest BCUT2D eigenvalue weighted by Crippen LogP contribution is -2.32. The summed E-state index contributed by atoms with van der Waals surface area (Å²) in [6, 6.07) is 10.3. The summed E-state index contributed by atoms with van der Waals surface area (Å²) in [5.74, 6) is 0.420. The molecule has 0 aliphatic carbocycles. The molecule has 1 aliphatic rings. The first-order chi connectivity index (χ1) is 16.9. The molecule has 3 aromatic rings. The van der Waals surface area contributed by atoms with Gasteiger partial charge in [-0.05, 0) is 69.6 Å². The fourth-order valence-electron chi connectivity index (χ4n) is 4.54. The van der Waals surface area contributed by atoms with Crippen molar-refractivity contribution >= 4 is 17.0 Å². The predicted octanol–water partition coefficient (Wildman–Crippen LogP) is 1.20. The van der Waals surface area contributed by atoms with Gasteiger partial charge in [0, 0.05) is 48.9 Å². The van der Waals surface area contributed by atoms with Gasteiger partial charge in [0.2, 0.25) is 0 Å². The smallest absolute Gasteiger partial charge is 0.354 e. The lowest BCUT2D eigenvalue weighted by molar-refractivity contribution is 0.320. The van der Waals surface area contributed by atoms with Crippen LogP contribution in [0, 0.1) is 5.41 Å². The quantitative estimate of drug-likeness (QED) is 0.137. The minimum absolute atomic E-state index is 0.00225. The number of nitrogens with two attached hydrogens (primary N) is 2. The number of fused-ring (bicyclic) bond motifs is 1. The average Bonchev–Trinajstić information content (AvgIpc) is 3.46. The second-order valence-electron chi connectivity index (χ2n) is 9.51. The van der Waals surface area contributed by atoms with E-state index >= 15 is 0 Å². The Morgan fingerprint density at radius 2 is 2.11 bits per heavy atom. The number of guanidine groups is 1. The molecule has 8 N–H and O–H groups in total. The van der Waals surface area contributed by atoms with Gasteiger partial charge in [0.25, 0.3) is 0 Å². The monoisotopic (exact) mass is 479 g/mol. The van der Waals surface area contributed by atoms with Gasteiger partial charge in [0.1, 0.15) is 5.65 Å². The standard InChI is InChI=1S/C25H37N9O/c1-17(26)7-11-33-12-8-19(15-33)22-13-20-16-34(25(35)32-23(20)31-22)21-5-3-18(4-6-21)14-29-9-2-10-30-24(27)28/h3-6,13,16-17,19,29H,2,7-12,14-15,26H2,1H3,(H4,27,28,30)(H,31,32,35)/t17-,19+/m0/s1. The first kappa shape index (κ1) is 24.9. The summed E-state index contributed by atoms with van der Waals surface area (Å²) in [4.78, 5) is 22.9. The number of nitrogens with one attached hydrogen (secondary N) is 4. The summed E-state index contributed by atoms with van der Waals surface area (Å²) >= 11 is 0. The number of aromatic amines is 1. The maximum Gasteiger partial charge on any atom is 0.354 e. The van der Waals surface area contributed by atoms with Crippen molar-refractivity contribution in [1.29, 1.82) is 5.41 Å². The highest BCUT2D eigenvalue weighted by Gasteiger charge is 2.25. The normalized spacial score (nSPS) is 17.1. The van der Waals surface area contributed by atoms with Crippen molar-refractivity contribution in [3.63, 3.8) is 0 Å². The molecular weight excluding hydrogens is 442 g/mol. The lowest BCUT2D eigenvalue weighted by Gasteiger charge is -2.16. The molecule has 1 fully saturated rings. The number of likely N-dealkylation sites (tertiary alicyclic amines) is 1. The summed E-state index contributed by atoms with van der Waals surface area (Å²) in [5, 5.41) is 14.2. The molecule has 10 nitrogen and oxygen atoms in total. The first-order valence-electron chi connectivity index (χ1n) is 12.4. The van der Waals surface area contributed by atoms with Gasteiger partial charge in [-0.1, -0.05) is 12.1 Å². The minimum Gasteiger partial charge on any atom is -0.370 e. The van der Waals surface area contributed by atoms with Crippen LogP contribution in [0.15, 0.2) is 41.3 Å². The molecule has 1 saturated heterocycles. The van der Waals surface area contributed by atoms with Crippen molar-refractivity contribution in [2.24, 2.45) is 11.5 Å². The van der Waals surface area contributed by atoms with Gasteiger partial charge in [0.15, 0.2) is 5.96 Å². The molecule has 0 bridgehead atoms. The van der Waals surface area contributed by atoms with E-state index in [4.69, 9.17) is 16.9 Å². The zero-order chi connectivity index (χ0) is 24.8. The Balaban J connectivity index is 1.38. The van der Waals surface area contributed by atoms with E-state index in [1.165, 1.54) is 0 Å². The van der Waals surface area contributed by atoms with E-state index in [9.17, 15) is 4.79 Å². The van der Waals surface area contributed by atoms with Gasteiger partial charge < -0.3 is 32.0 Å². The summed E-state index contributed by atoms with van der Waals surface area (Å²) in [6.45, 7) is 7.39.